The van der Waals surface area contributed by atoms with Crippen LogP contribution in [0.25, 0.3) is 0 Å². The molecule has 0 spiro atoms. The second-order valence-corrected chi connectivity index (χ2v) is 15.8. The van der Waals surface area contributed by atoms with Gasteiger partial charge in [0.1, 0.15) is 0 Å². The summed E-state index contributed by atoms with van der Waals surface area (Å²) in [5.74, 6) is 3.74. The van der Waals surface area contributed by atoms with E-state index in [-0.39, 0.29) is 10.2 Å². The molecule has 0 aromatic rings. The Morgan fingerprint density at radius 2 is 1.39 bits per heavy atom. The van der Waals surface area contributed by atoms with E-state index in [1.54, 1.807) is 0 Å². The van der Waals surface area contributed by atoms with Crippen molar-refractivity contribution in [3.05, 3.63) is 45.9 Å². The molecule has 0 saturated carbocycles. The van der Waals surface area contributed by atoms with Gasteiger partial charge in [0.05, 0.1) is 9.16 Å². The molecule has 2 nitrogen and oxygen atoms in total. The first kappa shape index (κ1) is 25.4. The van der Waals surface area contributed by atoms with E-state index in [0.717, 1.165) is 23.0 Å². The van der Waals surface area contributed by atoms with E-state index in [1.165, 1.54) is 45.5 Å². The van der Waals surface area contributed by atoms with E-state index >= 15 is 0 Å². The van der Waals surface area contributed by atoms with E-state index < -0.39 is 0 Å². The molecule has 2 atom stereocenters. The van der Waals surface area contributed by atoms with E-state index in [0.29, 0.717) is 13.7 Å². The average Bonchev–Trinajstić information content (AvgIpc) is 3.36. The third-order valence-corrected chi connectivity index (χ3v) is 14.4. The Kier molecular flexibility index (Phi) is 12.9. The van der Waals surface area contributed by atoms with Gasteiger partial charge in [0.25, 0.3) is 0 Å². The van der Waals surface area contributed by atoms with Crippen LogP contribution in [-0.2, 0) is 9.59 Å². The van der Waals surface area contributed by atoms with Crippen molar-refractivity contribution >= 4 is 104 Å². The highest BCUT2D eigenvalue weighted by Crippen LogP contribution is 2.46. The van der Waals surface area contributed by atoms with Gasteiger partial charge in [-0.3, -0.25) is 9.59 Å². The molecular formula is C18H22O2S8. The van der Waals surface area contributed by atoms with Gasteiger partial charge in [0, 0.05) is 37.4 Å². The van der Waals surface area contributed by atoms with E-state index in [2.05, 4.69) is 30.9 Å². The molecule has 0 aromatic heterocycles. The fraction of sp³-hybridized carbons (Fsp3) is 0.444. The molecule has 2 unspecified atom stereocenters. The molecule has 0 radical (unpaired) electrons. The molecule has 0 saturated heterocycles. The number of carbonyl (C=O) groups excluding carboxylic acids is 2. The third-order valence-electron chi connectivity index (χ3n) is 3.25. The van der Waals surface area contributed by atoms with Gasteiger partial charge in [-0.2, -0.15) is 0 Å². The molecule has 0 aliphatic carbocycles. The zero-order valence-corrected chi connectivity index (χ0v) is 21.9. The van der Waals surface area contributed by atoms with Gasteiger partial charge < -0.3 is 0 Å². The van der Waals surface area contributed by atoms with Gasteiger partial charge in [-0.1, -0.05) is 36.7 Å². The summed E-state index contributed by atoms with van der Waals surface area (Å²) in [4.78, 5) is 25.2. The summed E-state index contributed by atoms with van der Waals surface area (Å²) >= 11 is 14.2. The fourth-order valence-electron chi connectivity index (χ4n) is 1.91. The van der Waals surface area contributed by atoms with Gasteiger partial charge in [-0.25, -0.2) is 0 Å². The quantitative estimate of drug-likeness (QED) is 0.196. The molecule has 0 aromatic carbocycles. The average molecular weight is 527 g/mol. The highest BCUT2D eigenvalue weighted by Gasteiger charge is 2.22. The molecule has 0 fully saturated rings. The predicted octanol–water partition coefficient (Wildman–Crippen LogP) is 6.99. The van der Waals surface area contributed by atoms with Gasteiger partial charge in [-0.15, -0.1) is 70.6 Å². The lowest BCUT2D eigenvalue weighted by atomic mass is 10.7. The van der Waals surface area contributed by atoms with Gasteiger partial charge in [0.2, 0.25) is 10.2 Å². The van der Waals surface area contributed by atoms with Gasteiger partial charge in [0.15, 0.2) is 0 Å². The minimum atomic E-state index is 0.0422. The molecule has 10 heteroatoms. The predicted molar refractivity (Wildman–Crippen MR) is 144 cm³/mol. The molecule has 0 amide bonds. The fourth-order valence-corrected chi connectivity index (χ4v) is 11.6. The maximum atomic E-state index is 11.3. The van der Waals surface area contributed by atoms with Crippen LogP contribution in [0.1, 0.15) is 6.92 Å². The molecule has 2 rings (SSSR count). The Bertz CT molecular complexity index is 591. The smallest absolute Gasteiger partial charge is 0.211 e. The van der Waals surface area contributed by atoms with Crippen LogP contribution in [0.5, 0.6) is 0 Å². The Labute approximate surface area is 201 Å². The molecular weight excluding hydrogens is 505 g/mol. The van der Waals surface area contributed by atoms with Crippen molar-refractivity contribution < 1.29 is 9.59 Å². The lowest BCUT2D eigenvalue weighted by molar-refractivity contribution is -0.107. The minimum absolute atomic E-state index is 0.0422. The van der Waals surface area contributed by atoms with Crippen molar-refractivity contribution in [1.82, 2.24) is 0 Å². The van der Waals surface area contributed by atoms with E-state index in [4.69, 9.17) is 0 Å². The van der Waals surface area contributed by atoms with Crippen LogP contribution in [0.2, 0.25) is 0 Å². The molecule has 2 aliphatic heterocycles. The standard InChI is InChI=1S/C18H22O2S8/c1-4-15(19)23-6-13-8-25-17(27-13)10-21-12(3)22-11-18-26-9-14(28-18)7-24-16(20)5-2/h4-5,8-9,12,17-18H,1-2,6-7,10-11H2,3H3. The molecule has 2 aliphatic rings. The Morgan fingerprint density at radius 3 is 1.79 bits per heavy atom. The SMILES string of the molecule is C=CC(=O)SCC1=CSC(CSC(C)SCC2SC=C(CSC(=O)C=C)S2)S1. The van der Waals surface area contributed by atoms with Crippen LogP contribution in [-0.4, -0.2) is 47.0 Å². The zero-order valence-electron chi connectivity index (χ0n) is 15.4. The minimum Gasteiger partial charge on any atom is -0.282 e. The monoisotopic (exact) mass is 526 g/mol. The largest absolute Gasteiger partial charge is 0.282 e. The molecule has 0 bridgehead atoms. The Balaban J connectivity index is 1.54. The van der Waals surface area contributed by atoms with Crippen molar-refractivity contribution in [2.75, 3.05) is 23.0 Å². The number of carbonyl (C=O) groups is 2. The van der Waals surface area contributed by atoms with Crippen LogP contribution >= 0.6 is 94.1 Å². The highest BCUT2D eigenvalue weighted by molar-refractivity contribution is 8.26. The van der Waals surface area contributed by atoms with Crippen molar-refractivity contribution in [2.45, 2.75) is 20.7 Å². The van der Waals surface area contributed by atoms with Crippen molar-refractivity contribution in [3.8, 4) is 0 Å². The van der Waals surface area contributed by atoms with Crippen molar-refractivity contribution in [1.29, 1.82) is 0 Å². The summed E-state index contributed by atoms with van der Waals surface area (Å²) in [7, 11) is 0. The first-order valence-electron chi connectivity index (χ1n) is 8.34. The van der Waals surface area contributed by atoms with Crippen LogP contribution in [0.3, 0.4) is 0 Å². The van der Waals surface area contributed by atoms with Crippen molar-refractivity contribution in [2.24, 2.45) is 0 Å². The summed E-state index contributed by atoms with van der Waals surface area (Å²) in [6.07, 6.45) is 2.76. The summed E-state index contributed by atoms with van der Waals surface area (Å²) < 4.78 is 1.65. The molecule has 2 heterocycles. The summed E-state index contributed by atoms with van der Waals surface area (Å²) in [6.45, 7) is 9.30. The lowest BCUT2D eigenvalue weighted by Crippen LogP contribution is -2.05. The van der Waals surface area contributed by atoms with Gasteiger partial charge >= 0.3 is 0 Å². The normalized spacial score (nSPS) is 22.5. The molecule has 28 heavy (non-hydrogen) atoms. The number of thioether (sulfide) groups is 8. The van der Waals surface area contributed by atoms with Crippen LogP contribution in [0, 0.1) is 0 Å². The van der Waals surface area contributed by atoms with E-state index in [1.807, 2.05) is 70.6 Å². The molecule has 0 N–H and O–H groups in total. The second kappa shape index (κ2) is 14.2. The van der Waals surface area contributed by atoms with Crippen LogP contribution in [0.15, 0.2) is 45.9 Å². The molecule has 154 valence electrons. The maximum Gasteiger partial charge on any atom is 0.211 e. The van der Waals surface area contributed by atoms with Crippen molar-refractivity contribution in [3.63, 3.8) is 0 Å². The number of hydrogen-bond donors (Lipinski definition) is 0. The maximum absolute atomic E-state index is 11.3. The zero-order chi connectivity index (χ0) is 20.4. The third kappa shape index (κ3) is 9.94. The number of rotatable bonds is 12. The Morgan fingerprint density at radius 1 is 0.964 bits per heavy atom. The lowest BCUT2D eigenvalue weighted by Gasteiger charge is -2.16. The highest BCUT2D eigenvalue weighted by atomic mass is 32.2. The van der Waals surface area contributed by atoms with Crippen LogP contribution in [0.4, 0.5) is 0 Å². The number of hydrogen-bond acceptors (Lipinski definition) is 10. The topological polar surface area (TPSA) is 34.1 Å². The van der Waals surface area contributed by atoms with Crippen LogP contribution < -0.4 is 0 Å². The first-order valence-corrected chi connectivity index (χ1v) is 16.1. The summed E-state index contributed by atoms with van der Waals surface area (Å²) in [5, 5.41) is 4.48. The first-order chi connectivity index (χ1) is 13.5. The summed E-state index contributed by atoms with van der Waals surface area (Å²) in [6, 6.07) is 0. The summed E-state index contributed by atoms with van der Waals surface area (Å²) in [5.41, 5.74) is 0. The van der Waals surface area contributed by atoms with Gasteiger partial charge in [-0.05, 0) is 29.9 Å². The van der Waals surface area contributed by atoms with E-state index in [9.17, 15) is 9.59 Å². The Hall–Kier alpha value is 1.10. The second-order valence-electron chi connectivity index (χ2n) is 5.39.